The van der Waals surface area contributed by atoms with Gasteiger partial charge < -0.3 is 16.0 Å². The molecule has 0 fully saturated rings. The number of carbonyl (C=O) groups excluding carboxylic acids is 1. The first-order valence-electron chi connectivity index (χ1n) is 11.6. The van der Waals surface area contributed by atoms with Crippen molar-refractivity contribution >= 4 is 23.6 Å². The average molecular weight is 458 g/mol. The molecule has 1 unspecified atom stereocenters. The number of hydrogen-bond donors (Lipinski definition) is 3. The second-order valence-electron chi connectivity index (χ2n) is 7.98. The highest BCUT2D eigenvalue weighted by Gasteiger charge is 2.11. The van der Waals surface area contributed by atoms with Crippen molar-refractivity contribution in [2.24, 2.45) is 4.99 Å². The van der Waals surface area contributed by atoms with Crippen LogP contribution in [-0.2, 0) is 0 Å². The Kier molecular flexibility index (Phi) is 10.8. The van der Waals surface area contributed by atoms with Crippen molar-refractivity contribution in [2.75, 3.05) is 17.2 Å². The van der Waals surface area contributed by atoms with Gasteiger partial charge in [0.1, 0.15) is 5.82 Å². The molecule has 0 spiro atoms. The first kappa shape index (κ1) is 26.6. The van der Waals surface area contributed by atoms with E-state index in [1.54, 1.807) is 24.4 Å². The quantitative estimate of drug-likeness (QED) is 0.241. The van der Waals surface area contributed by atoms with Crippen LogP contribution >= 0.6 is 0 Å². The van der Waals surface area contributed by atoms with Crippen LogP contribution < -0.4 is 16.0 Å². The molecule has 34 heavy (non-hydrogen) atoms. The SMILES string of the molecule is C=C(C)/C(=C\C#CCC)N=CC(C)N[C@@H](C)c1cccc(NC(=O)c2ccc(NCC)nc2)c1. The summed E-state index contributed by atoms with van der Waals surface area (Å²) in [6.45, 7) is 14.8. The maximum absolute atomic E-state index is 12.6. The van der Waals surface area contributed by atoms with E-state index in [4.69, 9.17) is 0 Å². The van der Waals surface area contributed by atoms with Gasteiger partial charge in [0.15, 0.2) is 0 Å². The number of nitrogens with one attached hydrogen (secondary N) is 3. The Bertz CT molecular complexity index is 1090. The predicted octanol–water partition coefficient (Wildman–Crippen LogP) is 5.75. The number of rotatable bonds is 10. The lowest BCUT2D eigenvalue weighted by atomic mass is 10.1. The number of aromatic nitrogens is 1. The summed E-state index contributed by atoms with van der Waals surface area (Å²) in [6.07, 6.45) is 6.04. The number of pyridine rings is 1. The second-order valence-corrected chi connectivity index (χ2v) is 7.98. The topological polar surface area (TPSA) is 78.4 Å². The van der Waals surface area contributed by atoms with Gasteiger partial charge >= 0.3 is 0 Å². The number of nitrogens with zero attached hydrogens (tertiary/aromatic N) is 2. The van der Waals surface area contributed by atoms with Crippen LogP contribution in [0, 0.1) is 11.8 Å². The van der Waals surface area contributed by atoms with Crippen LogP contribution in [-0.4, -0.2) is 29.7 Å². The number of benzene rings is 1. The van der Waals surface area contributed by atoms with Crippen LogP contribution in [0.5, 0.6) is 0 Å². The van der Waals surface area contributed by atoms with Gasteiger partial charge in [-0.05, 0) is 63.1 Å². The van der Waals surface area contributed by atoms with Crippen LogP contribution in [0.3, 0.4) is 0 Å². The monoisotopic (exact) mass is 457 g/mol. The molecular formula is C28H35N5O. The summed E-state index contributed by atoms with van der Waals surface area (Å²) in [5.41, 5.74) is 3.95. The number of anilines is 2. The maximum Gasteiger partial charge on any atom is 0.257 e. The summed E-state index contributed by atoms with van der Waals surface area (Å²) in [5, 5.41) is 9.59. The fourth-order valence-electron chi connectivity index (χ4n) is 3.12. The third kappa shape index (κ3) is 8.68. The highest BCUT2D eigenvalue weighted by molar-refractivity contribution is 6.04. The molecule has 0 saturated heterocycles. The van der Waals surface area contributed by atoms with E-state index in [0.29, 0.717) is 5.56 Å². The second kappa shape index (κ2) is 13.8. The minimum Gasteiger partial charge on any atom is -0.370 e. The molecule has 0 aliphatic carbocycles. The Balaban J connectivity index is 2.01. The third-order valence-corrected chi connectivity index (χ3v) is 4.90. The highest BCUT2D eigenvalue weighted by Crippen LogP contribution is 2.19. The first-order chi connectivity index (χ1) is 16.3. The molecule has 0 aliphatic rings. The molecule has 6 heteroatoms. The van der Waals surface area contributed by atoms with Gasteiger partial charge in [0.2, 0.25) is 0 Å². The predicted molar refractivity (Wildman–Crippen MR) is 143 cm³/mol. The largest absolute Gasteiger partial charge is 0.370 e. The van der Waals surface area contributed by atoms with Crippen LogP contribution in [0.15, 0.2) is 71.5 Å². The Labute approximate surface area is 203 Å². The minimum atomic E-state index is -0.195. The molecule has 1 heterocycles. The van der Waals surface area contributed by atoms with Crippen molar-refractivity contribution in [3.05, 3.63) is 77.6 Å². The zero-order chi connectivity index (χ0) is 24.9. The number of allylic oxidation sites excluding steroid dienone is 2. The molecule has 0 saturated carbocycles. The van der Waals surface area contributed by atoms with Gasteiger partial charge in [0.25, 0.3) is 5.91 Å². The zero-order valence-corrected chi connectivity index (χ0v) is 20.8. The summed E-state index contributed by atoms with van der Waals surface area (Å²) >= 11 is 0. The molecule has 178 valence electrons. The summed E-state index contributed by atoms with van der Waals surface area (Å²) in [6, 6.07) is 11.4. The summed E-state index contributed by atoms with van der Waals surface area (Å²) < 4.78 is 0. The van der Waals surface area contributed by atoms with Crippen LogP contribution in [0.4, 0.5) is 11.5 Å². The van der Waals surface area contributed by atoms with E-state index in [2.05, 4.69) is 51.3 Å². The zero-order valence-electron chi connectivity index (χ0n) is 20.8. The van der Waals surface area contributed by atoms with Gasteiger partial charge in [-0.1, -0.05) is 37.5 Å². The van der Waals surface area contributed by atoms with E-state index in [1.165, 1.54) is 0 Å². The summed E-state index contributed by atoms with van der Waals surface area (Å²) in [7, 11) is 0. The van der Waals surface area contributed by atoms with E-state index >= 15 is 0 Å². The van der Waals surface area contributed by atoms with Crippen molar-refractivity contribution in [2.45, 2.75) is 53.1 Å². The Morgan fingerprint density at radius 2 is 2.03 bits per heavy atom. The van der Waals surface area contributed by atoms with Crippen LogP contribution in [0.2, 0.25) is 0 Å². The van der Waals surface area contributed by atoms with E-state index in [0.717, 1.165) is 41.3 Å². The van der Waals surface area contributed by atoms with Gasteiger partial charge in [-0.15, -0.1) is 0 Å². The number of carbonyl (C=O) groups is 1. The minimum absolute atomic E-state index is 0.0245. The van der Waals surface area contributed by atoms with Crippen LogP contribution in [0.1, 0.15) is 63.0 Å². The molecule has 1 amide bonds. The molecule has 3 N–H and O–H groups in total. The fraction of sp³-hybridized carbons (Fsp3) is 0.321. The van der Waals surface area contributed by atoms with Gasteiger partial charge in [0, 0.05) is 49.2 Å². The molecular weight excluding hydrogens is 422 g/mol. The van der Waals surface area contributed by atoms with E-state index in [-0.39, 0.29) is 18.0 Å². The number of aliphatic imine (C=N–C) groups is 1. The Morgan fingerprint density at radius 1 is 1.24 bits per heavy atom. The van der Waals surface area contributed by atoms with E-state index < -0.39 is 0 Å². The Hall–Kier alpha value is -3.69. The maximum atomic E-state index is 12.6. The lowest BCUT2D eigenvalue weighted by Crippen LogP contribution is -2.30. The lowest BCUT2D eigenvalue weighted by molar-refractivity contribution is 0.102. The average Bonchev–Trinajstić information content (AvgIpc) is 2.82. The van der Waals surface area contributed by atoms with Gasteiger partial charge in [-0.3, -0.25) is 9.79 Å². The smallest absolute Gasteiger partial charge is 0.257 e. The van der Waals surface area contributed by atoms with Crippen molar-refractivity contribution < 1.29 is 4.79 Å². The fourth-order valence-corrected chi connectivity index (χ4v) is 3.12. The molecule has 0 radical (unpaired) electrons. The first-order valence-corrected chi connectivity index (χ1v) is 11.6. The van der Waals surface area contributed by atoms with Crippen molar-refractivity contribution in [3.8, 4) is 11.8 Å². The molecule has 0 aliphatic heterocycles. The molecule has 1 aromatic carbocycles. The van der Waals surface area contributed by atoms with Crippen molar-refractivity contribution in [3.63, 3.8) is 0 Å². The normalized spacial score (nSPS) is 13.0. The number of hydrogen-bond acceptors (Lipinski definition) is 5. The number of amides is 1. The van der Waals surface area contributed by atoms with Crippen molar-refractivity contribution in [1.82, 2.24) is 10.3 Å². The van der Waals surface area contributed by atoms with E-state index in [1.807, 2.05) is 58.2 Å². The van der Waals surface area contributed by atoms with Gasteiger partial charge in [0.05, 0.1) is 11.3 Å². The highest BCUT2D eigenvalue weighted by atomic mass is 16.1. The summed E-state index contributed by atoms with van der Waals surface area (Å²) in [4.78, 5) is 21.4. The van der Waals surface area contributed by atoms with Gasteiger partial charge in [-0.2, -0.15) is 0 Å². The van der Waals surface area contributed by atoms with Gasteiger partial charge in [-0.25, -0.2) is 4.98 Å². The van der Waals surface area contributed by atoms with Crippen molar-refractivity contribution in [1.29, 1.82) is 0 Å². The Morgan fingerprint density at radius 3 is 2.68 bits per heavy atom. The van der Waals surface area contributed by atoms with Crippen LogP contribution in [0.25, 0.3) is 0 Å². The summed E-state index contributed by atoms with van der Waals surface area (Å²) in [5.74, 6) is 6.57. The molecule has 1 aromatic heterocycles. The molecule has 2 aromatic rings. The standard InChI is InChI=1S/C28H35N5O/c1-7-9-10-14-26(20(3)4)30-18-21(5)32-22(6)23-12-11-13-25(17-23)33-28(34)24-15-16-27(29-8-2)31-19-24/h11-19,21-22,32H,3,7-8H2,1-2,4-6H3,(H,29,31)(H,33,34)/b26-14+,30-18?/t21?,22-/m0/s1. The lowest BCUT2D eigenvalue weighted by Gasteiger charge is -2.18. The third-order valence-electron chi connectivity index (χ3n) is 4.90. The molecule has 2 atom stereocenters. The van der Waals surface area contributed by atoms with E-state index in [9.17, 15) is 4.79 Å². The molecule has 2 rings (SSSR count). The molecule has 0 bridgehead atoms. The molecule has 6 nitrogen and oxygen atoms in total.